The van der Waals surface area contributed by atoms with Gasteiger partial charge in [0.25, 0.3) is 0 Å². The summed E-state index contributed by atoms with van der Waals surface area (Å²) in [7, 11) is 1.98. The number of imidazole rings is 1. The van der Waals surface area contributed by atoms with Crippen LogP contribution in [0.3, 0.4) is 0 Å². The maximum absolute atomic E-state index is 6.09. The summed E-state index contributed by atoms with van der Waals surface area (Å²) in [6.45, 7) is 5.82. The van der Waals surface area contributed by atoms with E-state index in [0.717, 1.165) is 35.1 Å². The third kappa shape index (κ3) is 2.22. The Morgan fingerprint density at radius 1 is 1.40 bits per heavy atom. The fourth-order valence-corrected chi connectivity index (χ4v) is 3.15. The van der Waals surface area contributed by atoms with Gasteiger partial charge in [0.05, 0.1) is 30.2 Å². The summed E-state index contributed by atoms with van der Waals surface area (Å²) < 4.78 is 7.93. The molecule has 0 radical (unpaired) electrons. The number of aromatic nitrogens is 2. The molecule has 20 heavy (non-hydrogen) atoms. The van der Waals surface area contributed by atoms with Crippen LogP contribution in [0.2, 0.25) is 5.02 Å². The summed E-state index contributed by atoms with van der Waals surface area (Å²) in [5.74, 6) is 1.38. The molecule has 1 N–H and O–H groups in total. The number of halogens is 1. The summed E-state index contributed by atoms with van der Waals surface area (Å²) in [6, 6.07) is 6.59. The lowest BCUT2D eigenvalue weighted by atomic mass is 10.0. The first-order chi connectivity index (χ1) is 9.61. The van der Waals surface area contributed by atoms with Crippen LogP contribution in [0.4, 0.5) is 0 Å². The van der Waals surface area contributed by atoms with Crippen LogP contribution in [0, 0.1) is 0 Å². The largest absolute Gasteiger partial charge is 0.379 e. The molecule has 108 valence electrons. The van der Waals surface area contributed by atoms with E-state index in [-0.39, 0.29) is 5.92 Å². The molecule has 1 aliphatic heterocycles. The second-order valence-electron chi connectivity index (χ2n) is 5.61. The SMILES string of the molecule is CNC1COCC1c1nc2cc(Cl)ccc2n1C(C)C. The zero-order valence-corrected chi connectivity index (χ0v) is 12.8. The molecule has 1 aliphatic rings. The summed E-state index contributed by atoms with van der Waals surface area (Å²) in [6.07, 6.45) is 0. The molecule has 2 atom stereocenters. The Morgan fingerprint density at radius 3 is 2.90 bits per heavy atom. The van der Waals surface area contributed by atoms with E-state index < -0.39 is 0 Å². The molecule has 2 unspecified atom stereocenters. The number of hydrogen-bond donors (Lipinski definition) is 1. The summed E-state index contributed by atoms with van der Waals surface area (Å²) in [4.78, 5) is 4.83. The van der Waals surface area contributed by atoms with Gasteiger partial charge in [0.2, 0.25) is 0 Å². The minimum atomic E-state index is 0.286. The predicted molar refractivity (Wildman–Crippen MR) is 81.5 cm³/mol. The van der Waals surface area contributed by atoms with Gasteiger partial charge in [-0.05, 0) is 39.1 Å². The third-order valence-corrected chi connectivity index (χ3v) is 4.21. The van der Waals surface area contributed by atoms with Crippen LogP contribution < -0.4 is 5.32 Å². The van der Waals surface area contributed by atoms with Gasteiger partial charge in [0, 0.05) is 17.1 Å². The van der Waals surface area contributed by atoms with Crippen LogP contribution in [-0.4, -0.2) is 35.9 Å². The van der Waals surface area contributed by atoms with E-state index in [9.17, 15) is 0 Å². The van der Waals surface area contributed by atoms with Gasteiger partial charge in [-0.1, -0.05) is 11.6 Å². The molecule has 1 saturated heterocycles. The summed E-state index contributed by atoms with van der Waals surface area (Å²) in [5.41, 5.74) is 2.10. The molecule has 0 bridgehead atoms. The number of hydrogen-bond acceptors (Lipinski definition) is 3. The minimum Gasteiger partial charge on any atom is -0.379 e. The average molecular weight is 294 g/mol. The fraction of sp³-hybridized carbons (Fsp3) is 0.533. The highest BCUT2D eigenvalue weighted by atomic mass is 35.5. The monoisotopic (exact) mass is 293 g/mol. The molecule has 2 heterocycles. The minimum absolute atomic E-state index is 0.286. The first kappa shape index (κ1) is 13.9. The second-order valence-corrected chi connectivity index (χ2v) is 6.04. The predicted octanol–water partition coefficient (Wildman–Crippen LogP) is 2.97. The number of benzene rings is 1. The van der Waals surface area contributed by atoms with Gasteiger partial charge in [0.1, 0.15) is 5.82 Å². The second kappa shape index (κ2) is 5.35. The van der Waals surface area contributed by atoms with E-state index in [1.807, 2.05) is 19.2 Å². The highest BCUT2D eigenvalue weighted by Crippen LogP contribution is 2.31. The van der Waals surface area contributed by atoms with Crippen molar-refractivity contribution in [2.45, 2.75) is 31.8 Å². The van der Waals surface area contributed by atoms with E-state index in [4.69, 9.17) is 21.3 Å². The number of likely N-dealkylation sites (N-methyl/N-ethyl adjacent to an activating group) is 1. The van der Waals surface area contributed by atoms with Gasteiger partial charge in [0.15, 0.2) is 0 Å². The van der Waals surface area contributed by atoms with Gasteiger partial charge < -0.3 is 14.6 Å². The van der Waals surface area contributed by atoms with E-state index in [2.05, 4.69) is 29.8 Å². The molecule has 1 aromatic heterocycles. The van der Waals surface area contributed by atoms with Crippen molar-refractivity contribution in [1.82, 2.24) is 14.9 Å². The van der Waals surface area contributed by atoms with Crippen LogP contribution >= 0.6 is 11.6 Å². The fourth-order valence-electron chi connectivity index (χ4n) is 2.99. The molecule has 5 heteroatoms. The van der Waals surface area contributed by atoms with Crippen LogP contribution in [0.5, 0.6) is 0 Å². The molecule has 1 aromatic carbocycles. The Bertz CT molecular complexity index is 623. The van der Waals surface area contributed by atoms with Gasteiger partial charge >= 0.3 is 0 Å². The topological polar surface area (TPSA) is 39.1 Å². The number of ether oxygens (including phenoxy) is 1. The molecular formula is C15H20ClN3O. The van der Waals surface area contributed by atoms with Crippen LogP contribution in [-0.2, 0) is 4.74 Å². The molecule has 1 fully saturated rings. The van der Waals surface area contributed by atoms with Crippen LogP contribution in [0.1, 0.15) is 31.6 Å². The van der Waals surface area contributed by atoms with Gasteiger partial charge in [-0.15, -0.1) is 0 Å². The van der Waals surface area contributed by atoms with Crippen molar-refractivity contribution < 1.29 is 4.74 Å². The Hall–Kier alpha value is -1.10. The zero-order chi connectivity index (χ0) is 14.3. The Morgan fingerprint density at radius 2 is 2.20 bits per heavy atom. The van der Waals surface area contributed by atoms with Crippen molar-refractivity contribution in [1.29, 1.82) is 0 Å². The maximum atomic E-state index is 6.09. The number of fused-ring (bicyclic) bond motifs is 1. The van der Waals surface area contributed by atoms with E-state index in [1.54, 1.807) is 0 Å². The summed E-state index contributed by atoms with van der Waals surface area (Å²) >= 11 is 6.09. The smallest absolute Gasteiger partial charge is 0.117 e. The number of rotatable bonds is 3. The molecule has 2 aromatic rings. The van der Waals surface area contributed by atoms with Crippen molar-refractivity contribution in [3.8, 4) is 0 Å². The molecule has 0 spiro atoms. The molecular weight excluding hydrogens is 274 g/mol. The van der Waals surface area contributed by atoms with Gasteiger partial charge in [-0.2, -0.15) is 0 Å². The van der Waals surface area contributed by atoms with E-state index in [1.165, 1.54) is 0 Å². The molecule has 0 amide bonds. The Labute approximate surface area is 124 Å². The molecule has 0 aliphatic carbocycles. The average Bonchev–Trinajstić information content (AvgIpc) is 3.00. The Balaban J connectivity index is 2.16. The van der Waals surface area contributed by atoms with Gasteiger partial charge in [-0.3, -0.25) is 0 Å². The first-order valence-corrected chi connectivity index (χ1v) is 7.42. The summed E-state index contributed by atoms with van der Waals surface area (Å²) in [5, 5.41) is 4.06. The third-order valence-electron chi connectivity index (χ3n) is 3.98. The van der Waals surface area contributed by atoms with Crippen molar-refractivity contribution in [2.75, 3.05) is 20.3 Å². The first-order valence-electron chi connectivity index (χ1n) is 7.04. The highest BCUT2D eigenvalue weighted by Gasteiger charge is 2.33. The van der Waals surface area contributed by atoms with Crippen molar-refractivity contribution in [3.63, 3.8) is 0 Å². The van der Waals surface area contributed by atoms with E-state index >= 15 is 0 Å². The standard InChI is InChI=1S/C15H20ClN3O/c1-9(2)19-14-5-4-10(16)6-12(14)18-15(19)11-7-20-8-13(11)17-3/h4-6,9,11,13,17H,7-8H2,1-3H3. The van der Waals surface area contributed by atoms with Crippen molar-refractivity contribution in [3.05, 3.63) is 29.0 Å². The lowest BCUT2D eigenvalue weighted by Gasteiger charge is -2.20. The lowest BCUT2D eigenvalue weighted by molar-refractivity contribution is 0.187. The number of nitrogens with one attached hydrogen (secondary N) is 1. The highest BCUT2D eigenvalue weighted by molar-refractivity contribution is 6.31. The van der Waals surface area contributed by atoms with Gasteiger partial charge in [-0.25, -0.2) is 4.98 Å². The maximum Gasteiger partial charge on any atom is 0.117 e. The normalized spacial score (nSPS) is 23.1. The Kier molecular flexibility index (Phi) is 3.71. The quantitative estimate of drug-likeness (QED) is 0.945. The van der Waals surface area contributed by atoms with E-state index in [0.29, 0.717) is 12.1 Å². The molecule has 0 saturated carbocycles. The van der Waals surface area contributed by atoms with Crippen molar-refractivity contribution in [2.24, 2.45) is 0 Å². The number of nitrogens with zero attached hydrogens (tertiary/aromatic N) is 2. The zero-order valence-electron chi connectivity index (χ0n) is 12.1. The molecule has 4 nitrogen and oxygen atoms in total. The molecule has 3 rings (SSSR count). The lowest BCUT2D eigenvalue weighted by Crippen LogP contribution is -2.32. The van der Waals surface area contributed by atoms with Crippen LogP contribution in [0.15, 0.2) is 18.2 Å². The van der Waals surface area contributed by atoms with Crippen LogP contribution in [0.25, 0.3) is 11.0 Å². The van der Waals surface area contributed by atoms with Crippen molar-refractivity contribution >= 4 is 22.6 Å².